The maximum absolute atomic E-state index is 5.90. The molecule has 17 heavy (non-hydrogen) atoms. The summed E-state index contributed by atoms with van der Waals surface area (Å²) in [5.41, 5.74) is 8.79. The van der Waals surface area contributed by atoms with Crippen LogP contribution in [0, 0.1) is 6.92 Å². The average Bonchev–Trinajstić information content (AvgIpc) is 2.35. The SMILES string of the molecule is Cc1ccc(N)c(OCc2ccccc2)c1Br. The van der Waals surface area contributed by atoms with Crippen molar-refractivity contribution in [3.05, 3.63) is 58.1 Å². The molecule has 2 N–H and O–H groups in total. The molecule has 0 aliphatic rings. The molecule has 0 spiro atoms. The molecule has 0 radical (unpaired) electrons. The summed E-state index contributed by atoms with van der Waals surface area (Å²) < 4.78 is 6.69. The summed E-state index contributed by atoms with van der Waals surface area (Å²) >= 11 is 3.50. The first kappa shape index (κ1) is 12.0. The standard InChI is InChI=1S/C14H14BrNO/c1-10-7-8-12(16)14(13(10)15)17-9-11-5-3-2-4-6-11/h2-8H,9,16H2,1H3. The third-order valence-corrected chi connectivity index (χ3v) is 3.53. The van der Waals surface area contributed by atoms with Crippen molar-refractivity contribution in [2.75, 3.05) is 5.73 Å². The van der Waals surface area contributed by atoms with Crippen molar-refractivity contribution in [2.45, 2.75) is 13.5 Å². The van der Waals surface area contributed by atoms with Crippen LogP contribution in [-0.2, 0) is 6.61 Å². The highest BCUT2D eigenvalue weighted by Crippen LogP contribution is 2.34. The number of anilines is 1. The van der Waals surface area contributed by atoms with E-state index in [4.69, 9.17) is 10.5 Å². The molecule has 2 aromatic carbocycles. The summed E-state index contributed by atoms with van der Waals surface area (Å²) in [6, 6.07) is 13.9. The van der Waals surface area contributed by atoms with Gasteiger partial charge < -0.3 is 10.5 Å². The minimum Gasteiger partial charge on any atom is -0.486 e. The minimum atomic E-state index is 0.521. The normalized spacial score (nSPS) is 10.2. The number of nitrogens with two attached hydrogens (primary N) is 1. The Morgan fingerprint density at radius 3 is 2.53 bits per heavy atom. The van der Waals surface area contributed by atoms with Gasteiger partial charge in [0.1, 0.15) is 6.61 Å². The molecular weight excluding hydrogens is 278 g/mol. The summed E-state index contributed by atoms with van der Waals surface area (Å²) in [4.78, 5) is 0. The van der Waals surface area contributed by atoms with E-state index in [2.05, 4.69) is 15.9 Å². The van der Waals surface area contributed by atoms with Crippen LogP contribution in [-0.4, -0.2) is 0 Å². The van der Waals surface area contributed by atoms with Gasteiger partial charge in [0.2, 0.25) is 0 Å². The second kappa shape index (κ2) is 5.23. The van der Waals surface area contributed by atoms with Gasteiger partial charge in [-0.15, -0.1) is 0 Å². The number of nitrogen functional groups attached to an aromatic ring is 1. The van der Waals surface area contributed by atoms with Crippen LogP contribution in [0.1, 0.15) is 11.1 Å². The Morgan fingerprint density at radius 2 is 1.82 bits per heavy atom. The molecular formula is C14H14BrNO. The van der Waals surface area contributed by atoms with Crippen LogP contribution in [0.25, 0.3) is 0 Å². The number of rotatable bonds is 3. The Labute approximate surface area is 110 Å². The van der Waals surface area contributed by atoms with Gasteiger partial charge in [0.05, 0.1) is 10.2 Å². The zero-order chi connectivity index (χ0) is 12.3. The second-order valence-electron chi connectivity index (χ2n) is 3.89. The molecule has 3 heteroatoms. The smallest absolute Gasteiger partial charge is 0.157 e. The highest BCUT2D eigenvalue weighted by Gasteiger charge is 2.08. The molecule has 0 unspecified atom stereocenters. The van der Waals surface area contributed by atoms with Crippen molar-refractivity contribution in [3.63, 3.8) is 0 Å². The fourth-order valence-electron chi connectivity index (χ4n) is 1.55. The van der Waals surface area contributed by atoms with Crippen LogP contribution < -0.4 is 10.5 Å². The van der Waals surface area contributed by atoms with E-state index < -0.39 is 0 Å². The fraction of sp³-hybridized carbons (Fsp3) is 0.143. The Hall–Kier alpha value is -1.48. The first-order chi connectivity index (χ1) is 8.18. The quantitative estimate of drug-likeness (QED) is 0.870. The van der Waals surface area contributed by atoms with Gasteiger partial charge in [0, 0.05) is 0 Å². The van der Waals surface area contributed by atoms with Crippen molar-refractivity contribution in [2.24, 2.45) is 0 Å². The second-order valence-corrected chi connectivity index (χ2v) is 4.68. The molecule has 88 valence electrons. The summed E-state index contributed by atoms with van der Waals surface area (Å²) in [5, 5.41) is 0. The molecule has 0 heterocycles. The maximum Gasteiger partial charge on any atom is 0.157 e. The van der Waals surface area contributed by atoms with Crippen molar-refractivity contribution in [1.82, 2.24) is 0 Å². The Kier molecular flexibility index (Phi) is 3.69. The van der Waals surface area contributed by atoms with Crippen LogP contribution in [0.4, 0.5) is 5.69 Å². The third kappa shape index (κ3) is 2.80. The van der Waals surface area contributed by atoms with Crippen LogP contribution in [0.15, 0.2) is 46.9 Å². The number of ether oxygens (including phenoxy) is 1. The molecule has 0 bridgehead atoms. The van der Waals surface area contributed by atoms with Crippen molar-refractivity contribution in [3.8, 4) is 5.75 Å². The zero-order valence-electron chi connectivity index (χ0n) is 9.61. The highest BCUT2D eigenvalue weighted by molar-refractivity contribution is 9.10. The predicted octanol–water partition coefficient (Wildman–Crippen LogP) is 3.92. The summed E-state index contributed by atoms with van der Waals surface area (Å²) in [5.74, 6) is 0.717. The first-order valence-corrected chi connectivity index (χ1v) is 6.19. The predicted molar refractivity (Wildman–Crippen MR) is 74.1 cm³/mol. The van der Waals surface area contributed by atoms with Gasteiger partial charge in [0.15, 0.2) is 5.75 Å². The molecule has 2 aromatic rings. The van der Waals surface area contributed by atoms with Crippen molar-refractivity contribution >= 4 is 21.6 Å². The largest absolute Gasteiger partial charge is 0.486 e. The number of hydrogen-bond donors (Lipinski definition) is 1. The summed E-state index contributed by atoms with van der Waals surface area (Å²) in [6.45, 7) is 2.53. The topological polar surface area (TPSA) is 35.2 Å². The van der Waals surface area contributed by atoms with Gasteiger partial charge >= 0.3 is 0 Å². The lowest BCUT2D eigenvalue weighted by molar-refractivity contribution is 0.306. The molecule has 0 amide bonds. The molecule has 0 aliphatic carbocycles. The molecule has 0 atom stereocenters. The van der Waals surface area contributed by atoms with E-state index in [0.29, 0.717) is 18.0 Å². The van der Waals surface area contributed by atoms with E-state index >= 15 is 0 Å². The number of benzene rings is 2. The lowest BCUT2D eigenvalue weighted by atomic mass is 10.2. The van der Waals surface area contributed by atoms with Gasteiger partial charge in [-0.25, -0.2) is 0 Å². The van der Waals surface area contributed by atoms with E-state index in [-0.39, 0.29) is 0 Å². The van der Waals surface area contributed by atoms with E-state index in [0.717, 1.165) is 15.6 Å². The summed E-state index contributed by atoms with van der Waals surface area (Å²) in [6.07, 6.45) is 0. The van der Waals surface area contributed by atoms with Crippen molar-refractivity contribution < 1.29 is 4.74 Å². The zero-order valence-corrected chi connectivity index (χ0v) is 11.2. The van der Waals surface area contributed by atoms with Crippen LogP contribution in [0.3, 0.4) is 0 Å². The molecule has 0 saturated heterocycles. The number of aryl methyl sites for hydroxylation is 1. The van der Waals surface area contributed by atoms with Crippen molar-refractivity contribution in [1.29, 1.82) is 0 Å². The van der Waals surface area contributed by atoms with Crippen LogP contribution in [0.2, 0.25) is 0 Å². The Bertz CT molecular complexity index is 511. The third-order valence-electron chi connectivity index (χ3n) is 2.55. The van der Waals surface area contributed by atoms with Gasteiger partial charge in [-0.1, -0.05) is 36.4 Å². The fourth-order valence-corrected chi connectivity index (χ4v) is 2.02. The number of halogens is 1. The maximum atomic E-state index is 5.90. The summed E-state index contributed by atoms with van der Waals surface area (Å²) in [7, 11) is 0. The van der Waals surface area contributed by atoms with E-state index in [1.54, 1.807) is 0 Å². The molecule has 0 fully saturated rings. The number of hydrogen-bond acceptors (Lipinski definition) is 2. The minimum absolute atomic E-state index is 0.521. The average molecular weight is 292 g/mol. The lowest BCUT2D eigenvalue weighted by Crippen LogP contribution is -2.00. The van der Waals surface area contributed by atoms with E-state index in [1.165, 1.54) is 0 Å². The Balaban J connectivity index is 2.17. The molecule has 0 aliphatic heterocycles. The van der Waals surface area contributed by atoms with Gasteiger partial charge in [-0.2, -0.15) is 0 Å². The van der Waals surface area contributed by atoms with Crippen LogP contribution in [0.5, 0.6) is 5.75 Å². The monoisotopic (exact) mass is 291 g/mol. The van der Waals surface area contributed by atoms with Gasteiger partial charge in [-0.05, 0) is 40.0 Å². The molecule has 2 rings (SSSR count). The van der Waals surface area contributed by atoms with E-state index in [9.17, 15) is 0 Å². The van der Waals surface area contributed by atoms with Gasteiger partial charge in [-0.3, -0.25) is 0 Å². The molecule has 2 nitrogen and oxygen atoms in total. The lowest BCUT2D eigenvalue weighted by Gasteiger charge is -2.12. The van der Waals surface area contributed by atoms with Crippen LogP contribution >= 0.6 is 15.9 Å². The molecule has 0 aromatic heterocycles. The first-order valence-electron chi connectivity index (χ1n) is 5.40. The molecule has 0 saturated carbocycles. The van der Waals surface area contributed by atoms with Gasteiger partial charge in [0.25, 0.3) is 0 Å². The van der Waals surface area contributed by atoms with E-state index in [1.807, 2.05) is 49.4 Å². The highest BCUT2D eigenvalue weighted by atomic mass is 79.9. The Morgan fingerprint density at radius 1 is 1.12 bits per heavy atom.